The molecule has 2 aromatic heterocycles. The zero-order valence-electron chi connectivity index (χ0n) is 7.74. The summed E-state index contributed by atoms with van der Waals surface area (Å²) in [4.78, 5) is 5.64. The van der Waals surface area contributed by atoms with Gasteiger partial charge >= 0.3 is 0 Å². The summed E-state index contributed by atoms with van der Waals surface area (Å²) in [6, 6.07) is 6.01. The van der Waals surface area contributed by atoms with E-state index in [-0.39, 0.29) is 0 Å². The number of nitrogen functional groups attached to an aromatic ring is 1. The Bertz CT molecular complexity index is 431. The lowest BCUT2D eigenvalue weighted by Gasteiger charge is -1.95. The van der Waals surface area contributed by atoms with Crippen LogP contribution in [0.25, 0.3) is 10.2 Å². The van der Waals surface area contributed by atoms with Crippen molar-refractivity contribution in [1.29, 1.82) is 0 Å². The van der Waals surface area contributed by atoms with E-state index in [2.05, 4.69) is 24.9 Å². The summed E-state index contributed by atoms with van der Waals surface area (Å²) in [6.07, 6.45) is 0. The zero-order valence-corrected chi connectivity index (χ0v) is 8.56. The number of pyridine rings is 1. The van der Waals surface area contributed by atoms with E-state index >= 15 is 0 Å². The number of nitrogens with zero attached hydrogens (tertiary/aromatic N) is 1. The highest BCUT2D eigenvalue weighted by atomic mass is 32.1. The smallest absolute Gasteiger partial charge is 0.124 e. The van der Waals surface area contributed by atoms with E-state index in [0.29, 0.717) is 11.7 Å². The molecule has 3 heteroatoms. The number of hydrogen-bond acceptors (Lipinski definition) is 3. The molecule has 0 aromatic carbocycles. The van der Waals surface area contributed by atoms with Crippen molar-refractivity contribution in [3.8, 4) is 0 Å². The summed E-state index contributed by atoms with van der Waals surface area (Å²) in [5.41, 5.74) is 6.62. The number of hydrogen-bond donors (Lipinski definition) is 1. The third-order valence-electron chi connectivity index (χ3n) is 1.98. The largest absolute Gasteiger partial charge is 0.384 e. The van der Waals surface area contributed by atoms with Gasteiger partial charge in [0.05, 0.1) is 10.2 Å². The molecule has 0 aliphatic carbocycles. The first-order chi connectivity index (χ1) is 6.16. The number of fused-ring (bicyclic) bond motifs is 1. The van der Waals surface area contributed by atoms with E-state index in [9.17, 15) is 0 Å². The number of thiophene rings is 1. The van der Waals surface area contributed by atoms with Crippen LogP contribution in [0.4, 0.5) is 5.82 Å². The first-order valence-electron chi connectivity index (χ1n) is 4.33. The number of rotatable bonds is 1. The van der Waals surface area contributed by atoms with Crippen LogP contribution in [0.2, 0.25) is 0 Å². The maximum atomic E-state index is 5.60. The summed E-state index contributed by atoms with van der Waals surface area (Å²) in [6.45, 7) is 4.38. The minimum absolute atomic E-state index is 0.570. The fraction of sp³-hybridized carbons (Fsp3) is 0.300. The van der Waals surface area contributed by atoms with Gasteiger partial charge in [-0.1, -0.05) is 13.8 Å². The van der Waals surface area contributed by atoms with Gasteiger partial charge in [0.25, 0.3) is 0 Å². The molecule has 2 rings (SSSR count). The first-order valence-corrected chi connectivity index (χ1v) is 5.14. The van der Waals surface area contributed by atoms with Crippen LogP contribution in [-0.4, -0.2) is 4.98 Å². The third kappa shape index (κ3) is 1.52. The minimum atomic E-state index is 0.570. The highest BCUT2D eigenvalue weighted by Crippen LogP contribution is 2.29. The van der Waals surface area contributed by atoms with E-state index in [1.54, 1.807) is 11.3 Å². The Labute approximate surface area is 81.4 Å². The standard InChI is InChI=1S/C10H12N2S/c1-6(2)9-5-7-8(13-9)3-4-10(11)12-7/h3-6H,1-2H3,(H2,11,12). The Kier molecular flexibility index (Phi) is 1.96. The normalized spacial score (nSPS) is 11.3. The maximum Gasteiger partial charge on any atom is 0.124 e. The van der Waals surface area contributed by atoms with Crippen molar-refractivity contribution in [2.75, 3.05) is 5.73 Å². The molecule has 2 nitrogen and oxygen atoms in total. The van der Waals surface area contributed by atoms with Crippen molar-refractivity contribution in [2.45, 2.75) is 19.8 Å². The predicted molar refractivity (Wildman–Crippen MR) is 58.1 cm³/mol. The van der Waals surface area contributed by atoms with Gasteiger partial charge in [0.15, 0.2) is 0 Å². The molecule has 0 spiro atoms. The van der Waals surface area contributed by atoms with Crippen LogP contribution in [0.3, 0.4) is 0 Å². The van der Waals surface area contributed by atoms with Crippen molar-refractivity contribution in [3.63, 3.8) is 0 Å². The Morgan fingerprint density at radius 1 is 1.38 bits per heavy atom. The average Bonchev–Trinajstić information content (AvgIpc) is 2.46. The Morgan fingerprint density at radius 3 is 2.85 bits per heavy atom. The molecule has 2 heterocycles. The van der Waals surface area contributed by atoms with Gasteiger partial charge in [0.2, 0.25) is 0 Å². The van der Waals surface area contributed by atoms with Crippen LogP contribution >= 0.6 is 11.3 Å². The number of nitrogens with two attached hydrogens (primary N) is 1. The van der Waals surface area contributed by atoms with Crippen molar-refractivity contribution in [3.05, 3.63) is 23.1 Å². The van der Waals surface area contributed by atoms with Crippen LogP contribution in [0.5, 0.6) is 0 Å². The van der Waals surface area contributed by atoms with Crippen LogP contribution < -0.4 is 5.73 Å². The Balaban J connectivity index is 2.62. The SMILES string of the molecule is CC(C)c1cc2nc(N)ccc2s1. The van der Waals surface area contributed by atoms with Gasteiger partial charge in [-0.2, -0.15) is 0 Å². The van der Waals surface area contributed by atoms with Crippen molar-refractivity contribution in [1.82, 2.24) is 4.98 Å². The van der Waals surface area contributed by atoms with Gasteiger partial charge in [-0.05, 0) is 24.1 Å². The molecule has 0 bridgehead atoms. The lowest BCUT2D eigenvalue weighted by molar-refractivity contribution is 0.890. The molecule has 0 amide bonds. The van der Waals surface area contributed by atoms with Gasteiger partial charge in [0.1, 0.15) is 5.82 Å². The van der Waals surface area contributed by atoms with Crippen molar-refractivity contribution >= 4 is 27.4 Å². The second kappa shape index (κ2) is 3.00. The molecule has 0 fully saturated rings. The summed E-state index contributed by atoms with van der Waals surface area (Å²) in [5, 5.41) is 0. The van der Waals surface area contributed by atoms with E-state index in [4.69, 9.17) is 5.73 Å². The molecule has 0 unspecified atom stereocenters. The van der Waals surface area contributed by atoms with Crippen LogP contribution in [-0.2, 0) is 0 Å². The van der Waals surface area contributed by atoms with Gasteiger partial charge in [-0.25, -0.2) is 4.98 Å². The molecule has 0 aliphatic rings. The maximum absolute atomic E-state index is 5.60. The Hall–Kier alpha value is -1.09. The fourth-order valence-corrected chi connectivity index (χ4v) is 2.25. The molecule has 13 heavy (non-hydrogen) atoms. The first kappa shape index (κ1) is 8.51. The lowest BCUT2D eigenvalue weighted by atomic mass is 10.2. The van der Waals surface area contributed by atoms with Gasteiger partial charge in [-0.15, -0.1) is 11.3 Å². The van der Waals surface area contributed by atoms with E-state index in [1.807, 2.05) is 12.1 Å². The lowest BCUT2D eigenvalue weighted by Crippen LogP contribution is -1.87. The van der Waals surface area contributed by atoms with Crippen LogP contribution in [0, 0.1) is 0 Å². The van der Waals surface area contributed by atoms with E-state index < -0.39 is 0 Å². The zero-order chi connectivity index (χ0) is 9.42. The molecule has 2 aromatic rings. The molecule has 2 N–H and O–H groups in total. The van der Waals surface area contributed by atoms with E-state index in [1.165, 1.54) is 9.58 Å². The van der Waals surface area contributed by atoms with Crippen LogP contribution in [0.1, 0.15) is 24.6 Å². The van der Waals surface area contributed by atoms with Crippen LogP contribution in [0.15, 0.2) is 18.2 Å². The summed E-state index contributed by atoms with van der Waals surface area (Å²) >= 11 is 1.80. The summed E-state index contributed by atoms with van der Waals surface area (Å²) < 4.78 is 1.22. The average molecular weight is 192 g/mol. The Morgan fingerprint density at radius 2 is 2.15 bits per heavy atom. The molecular formula is C10H12N2S. The van der Waals surface area contributed by atoms with Gasteiger partial charge in [-0.3, -0.25) is 0 Å². The minimum Gasteiger partial charge on any atom is -0.384 e. The number of aromatic nitrogens is 1. The topological polar surface area (TPSA) is 38.9 Å². The fourth-order valence-electron chi connectivity index (χ4n) is 1.24. The molecule has 68 valence electrons. The molecule has 0 aliphatic heterocycles. The van der Waals surface area contributed by atoms with Crippen molar-refractivity contribution in [2.24, 2.45) is 0 Å². The molecule has 0 saturated heterocycles. The molecule has 0 atom stereocenters. The molecule has 0 radical (unpaired) electrons. The van der Waals surface area contributed by atoms with Gasteiger partial charge in [0, 0.05) is 4.88 Å². The molecule has 0 saturated carbocycles. The quantitative estimate of drug-likeness (QED) is 0.754. The predicted octanol–water partition coefficient (Wildman–Crippen LogP) is 3.00. The number of anilines is 1. The second-order valence-electron chi connectivity index (χ2n) is 3.42. The highest BCUT2D eigenvalue weighted by molar-refractivity contribution is 7.19. The monoisotopic (exact) mass is 192 g/mol. The van der Waals surface area contributed by atoms with Gasteiger partial charge < -0.3 is 5.73 Å². The third-order valence-corrected chi connectivity index (χ3v) is 3.37. The molecular weight excluding hydrogens is 180 g/mol. The van der Waals surface area contributed by atoms with Crippen molar-refractivity contribution < 1.29 is 0 Å². The highest BCUT2D eigenvalue weighted by Gasteiger charge is 2.05. The summed E-state index contributed by atoms with van der Waals surface area (Å²) in [7, 11) is 0. The second-order valence-corrected chi connectivity index (χ2v) is 4.54. The summed E-state index contributed by atoms with van der Waals surface area (Å²) in [5.74, 6) is 1.17. The van der Waals surface area contributed by atoms with E-state index in [0.717, 1.165) is 5.52 Å².